The number of hydrogen-bond acceptors (Lipinski definition) is 3. The van der Waals surface area contributed by atoms with Crippen LogP contribution >= 0.6 is 0 Å². The summed E-state index contributed by atoms with van der Waals surface area (Å²) >= 11 is 0. The van der Waals surface area contributed by atoms with E-state index in [2.05, 4.69) is 10.3 Å². The zero-order valence-corrected chi connectivity index (χ0v) is 16.8. The van der Waals surface area contributed by atoms with E-state index in [0.29, 0.717) is 12.1 Å². The lowest BCUT2D eigenvalue weighted by molar-refractivity contribution is 0.0937. The zero-order valence-electron chi connectivity index (χ0n) is 16.8. The Labute approximate surface area is 176 Å². The average Bonchev–Trinajstić information content (AvgIpc) is 3.31. The molecule has 2 amide bonds. The van der Waals surface area contributed by atoms with Crippen molar-refractivity contribution in [1.82, 2.24) is 10.3 Å². The van der Waals surface area contributed by atoms with Gasteiger partial charge in [0.25, 0.3) is 11.8 Å². The molecule has 30 heavy (non-hydrogen) atoms. The van der Waals surface area contributed by atoms with Crippen LogP contribution in [0.3, 0.4) is 0 Å². The van der Waals surface area contributed by atoms with E-state index in [1.807, 2.05) is 60.7 Å². The number of rotatable bonds is 6. The summed E-state index contributed by atoms with van der Waals surface area (Å²) in [7, 11) is 0. The van der Waals surface area contributed by atoms with Gasteiger partial charge >= 0.3 is 0 Å². The fraction of sp³-hybridized carbons (Fsp3) is 0.240. The summed E-state index contributed by atoms with van der Waals surface area (Å²) in [4.78, 5) is 32.0. The average molecular weight is 399 g/mol. The van der Waals surface area contributed by atoms with Gasteiger partial charge in [0.2, 0.25) is 0 Å². The summed E-state index contributed by atoms with van der Waals surface area (Å²) in [6.45, 7) is 0.421. The minimum Gasteiger partial charge on any atom is -0.349 e. The maximum Gasteiger partial charge on any atom is 0.277 e. The van der Waals surface area contributed by atoms with Gasteiger partial charge in [-0.1, -0.05) is 61.4 Å². The second-order valence-electron chi connectivity index (χ2n) is 7.60. The molecule has 1 aromatic heterocycles. The van der Waals surface area contributed by atoms with Crippen LogP contribution in [0.5, 0.6) is 0 Å². The molecule has 0 unspecified atom stereocenters. The lowest BCUT2D eigenvalue weighted by atomic mass is 10.1. The Hall–Kier alpha value is -3.47. The number of nitrogens with one attached hydrogen (secondary N) is 1. The summed E-state index contributed by atoms with van der Waals surface area (Å²) in [6.07, 6.45) is 5.86. The quantitative estimate of drug-likeness (QED) is 0.659. The standard InChI is InChI=1S/C25H25N3O2/c29-24(27-21-11-7-8-12-21)20-15-16-26-23(17-20)25(30)28(22-13-5-2-6-14-22)18-19-9-3-1-4-10-19/h1-6,9-10,13-17,21H,7-8,11-12,18H2,(H,27,29). The molecule has 1 N–H and O–H groups in total. The number of para-hydroxylation sites is 1. The Morgan fingerprint density at radius 2 is 1.60 bits per heavy atom. The van der Waals surface area contributed by atoms with E-state index < -0.39 is 0 Å². The molecule has 1 fully saturated rings. The van der Waals surface area contributed by atoms with Gasteiger partial charge in [-0.25, -0.2) is 0 Å². The first-order valence-corrected chi connectivity index (χ1v) is 10.4. The molecular weight excluding hydrogens is 374 g/mol. The van der Waals surface area contributed by atoms with E-state index in [1.165, 1.54) is 6.20 Å². The maximum atomic E-state index is 13.4. The van der Waals surface area contributed by atoms with Crippen molar-refractivity contribution in [2.45, 2.75) is 38.3 Å². The minimum atomic E-state index is -0.236. The Morgan fingerprint density at radius 1 is 0.933 bits per heavy atom. The van der Waals surface area contributed by atoms with Gasteiger partial charge < -0.3 is 10.2 Å². The Balaban J connectivity index is 1.58. The van der Waals surface area contributed by atoms with Gasteiger partial charge in [0.15, 0.2) is 0 Å². The largest absolute Gasteiger partial charge is 0.349 e. The van der Waals surface area contributed by atoms with Crippen LogP contribution in [0.1, 0.15) is 52.1 Å². The highest BCUT2D eigenvalue weighted by molar-refractivity contribution is 6.06. The first-order valence-electron chi connectivity index (χ1n) is 10.4. The molecule has 2 aromatic carbocycles. The molecule has 1 aliphatic carbocycles. The molecule has 5 heteroatoms. The number of carbonyl (C=O) groups is 2. The van der Waals surface area contributed by atoms with Crippen molar-refractivity contribution in [1.29, 1.82) is 0 Å². The molecule has 0 saturated heterocycles. The van der Waals surface area contributed by atoms with Crippen LogP contribution in [-0.2, 0) is 6.54 Å². The molecule has 0 spiro atoms. The fourth-order valence-corrected chi connectivity index (χ4v) is 3.82. The maximum absolute atomic E-state index is 13.4. The molecule has 1 aliphatic rings. The van der Waals surface area contributed by atoms with Crippen LogP contribution in [0, 0.1) is 0 Å². The van der Waals surface area contributed by atoms with Gasteiger partial charge in [0.05, 0.1) is 6.54 Å². The normalized spacial score (nSPS) is 13.7. The third-order valence-corrected chi connectivity index (χ3v) is 5.43. The number of aromatic nitrogens is 1. The third kappa shape index (κ3) is 4.74. The predicted octanol–water partition coefficient (Wildman–Crippen LogP) is 4.60. The highest BCUT2D eigenvalue weighted by atomic mass is 16.2. The number of hydrogen-bond donors (Lipinski definition) is 1. The summed E-state index contributed by atoms with van der Waals surface area (Å²) in [5.74, 6) is -0.381. The molecule has 4 rings (SSSR count). The second-order valence-corrected chi connectivity index (χ2v) is 7.60. The topological polar surface area (TPSA) is 62.3 Å². The van der Waals surface area contributed by atoms with E-state index in [4.69, 9.17) is 0 Å². The van der Waals surface area contributed by atoms with Gasteiger partial charge in [-0.05, 0) is 42.7 Å². The van der Waals surface area contributed by atoms with Gasteiger partial charge in [-0.3, -0.25) is 14.6 Å². The van der Waals surface area contributed by atoms with Crippen molar-refractivity contribution in [3.63, 3.8) is 0 Å². The summed E-state index contributed by atoms with van der Waals surface area (Å²) in [5, 5.41) is 3.07. The lowest BCUT2D eigenvalue weighted by Crippen LogP contribution is -2.34. The van der Waals surface area contributed by atoms with Crippen LogP contribution in [-0.4, -0.2) is 22.8 Å². The van der Waals surface area contributed by atoms with Gasteiger partial charge in [-0.15, -0.1) is 0 Å². The number of benzene rings is 2. The molecule has 5 nitrogen and oxygen atoms in total. The van der Waals surface area contributed by atoms with Crippen LogP contribution in [0.4, 0.5) is 5.69 Å². The van der Waals surface area contributed by atoms with Crippen molar-refractivity contribution >= 4 is 17.5 Å². The van der Waals surface area contributed by atoms with Crippen molar-refractivity contribution in [2.24, 2.45) is 0 Å². The Kier molecular flexibility index (Phi) is 6.18. The smallest absolute Gasteiger partial charge is 0.277 e. The zero-order chi connectivity index (χ0) is 20.8. The van der Waals surface area contributed by atoms with E-state index in [-0.39, 0.29) is 23.6 Å². The summed E-state index contributed by atoms with van der Waals surface area (Å²) < 4.78 is 0. The van der Waals surface area contributed by atoms with Gasteiger partial charge in [0.1, 0.15) is 5.69 Å². The van der Waals surface area contributed by atoms with Crippen molar-refractivity contribution in [2.75, 3.05) is 4.90 Å². The van der Waals surface area contributed by atoms with Crippen molar-refractivity contribution in [3.05, 3.63) is 95.8 Å². The molecule has 0 atom stereocenters. The van der Waals surface area contributed by atoms with Crippen LogP contribution in [0.15, 0.2) is 79.0 Å². The van der Waals surface area contributed by atoms with Crippen LogP contribution in [0.2, 0.25) is 0 Å². The predicted molar refractivity (Wildman–Crippen MR) is 117 cm³/mol. The number of carbonyl (C=O) groups excluding carboxylic acids is 2. The van der Waals surface area contributed by atoms with E-state index in [1.54, 1.807) is 17.0 Å². The Bertz CT molecular complexity index is 999. The molecule has 0 bridgehead atoms. The molecule has 3 aromatic rings. The first kappa shape index (κ1) is 19.8. The summed E-state index contributed by atoms with van der Waals surface area (Å²) in [5.41, 5.74) is 2.53. The van der Waals surface area contributed by atoms with Gasteiger partial charge in [0, 0.05) is 23.5 Å². The molecule has 1 saturated carbocycles. The molecule has 1 heterocycles. The molecule has 0 radical (unpaired) electrons. The fourth-order valence-electron chi connectivity index (χ4n) is 3.82. The van der Waals surface area contributed by atoms with E-state index in [9.17, 15) is 9.59 Å². The number of amides is 2. The van der Waals surface area contributed by atoms with Crippen LogP contribution < -0.4 is 10.2 Å². The number of pyridine rings is 1. The minimum absolute atomic E-state index is 0.146. The first-order chi connectivity index (χ1) is 14.7. The SMILES string of the molecule is O=C(NC1CCCC1)c1ccnc(C(=O)N(Cc2ccccc2)c2ccccc2)c1. The number of nitrogens with zero attached hydrogens (tertiary/aromatic N) is 2. The number of anilines is 1. The second kappa shape index (κ2) is 9.35. The van der Waals surface area contributed by atoms with Crippen molar-refractivity contribution in [3.8, 4) is 0 Å². The third-order valence-electron chi connectivity index (χ3n) is 5.43. The van der Waals surface area contributed by atoms with Gasteiger partial charge in [-0.2, -0.15) is 0 Å². The monoisotopic (exact) mass is 399 g/mol. The molecule has 0 aliphatic heterocycles. The highest BCUT2D eigenvalue weighted by Gasteiger charge is 2.22. The van der Waals surface area contributed by atoms with Crippen LogP contribution in [0.25, 0.3) is 0 Å². The Morgan fingerprint density at radius 3 is 2.30 bits per heavy atom. The molecular formula is C25H25N3O2. The highest BCUT2D eigenvalue weighted by Crippen LogP contribution is 2.21. The van der Waals surface area contributed by atoms with E-state index in [0.717, 1.165) is 36.9 Å². The summed E-state index contributed by atoms with van der Waals surface area (Å²) in [6, 6.07) is 22.8. The molecule has 152 valence electrons. The van der Waals surface area contributed by atoms with E-state index >= 15 is 0 Å². The van der Waals surface area contributed by atoms with Crippen molar-refractivity contribution < 1.29 is 9.59 Å². The lowest BCUT2D eigenvalue weighted by Gasteiger charge is -2.23.